The molecule has 0 aromatic carbocycles. The summed E-state index contributed by atoms with van der Waals surface area (Å²) in [5.41, 5.74) is -0.0501. The summed E-state index contributed by atoms with van der Waals surface area (Å²) < 4.78 is 0. The summed E-state index contributed by atoms with van der Waals surface area (Å²) in [6.45, 7) is 0. The van der Waals surface area contributed by atoms with Crippen LogP contribution in [0.25, 0.3) is 0 Å². The molecule has 0 fully saturated rings. The van der Waals surface area contributed by atoms with Gasteiger partial charge < -0.3 is 10.6 Å². The molecule has 0 saturated heterocycles. The quantitative estimate of drug-likeness (QED) is 0.431. The van der Waals surface area contributed by atoms with Crippen LogP contribution in [0.2, 0.25) is 0 Å². The number of nitrogens with one attached hydrogen (secondary N) is 2. The third-order valence-electron chi connectivity index (χ3n) is 1.43. The van der Waals surface area contributed by atoms with Gasteiger partial charge in [0.1, 0.15) is 12.0 Å². The molecule has 7 heteroatoms. The monoisotopic (exact) mass is 212 g/mol. The molecule has 1 rings (SSSR count). The van der Waals surface area contributed by atoms with Crippen molar-refractivity contribution in [1.82, 2.24) is 10.3 Å². The lowest BCUT2D eigenvalue weighted by Crippen LogP contribution is -2.24. The smallest absolute Gasteiger partial charge is 0.287 e. The van der Waals surface area contributed by atoms with Crippen molar-refractivity contribution in [2.24, 2.45) is 0 Å². The average Bonchev–Trinajstić information content (AvgIpc) is 2.18. The van der Waals surface area contributed by atoms with Crippen molar-refractivity contribution in [2.45, 2.75) is 0 Å². The predicted molar refractivity (Wildman–Crippen MR) is 56.2 cm³/mol. The second-order valence-corrected chi connectivity index (χ2v) is 2.77. The molecule has 0 atom stereocenters. The third kappa shape index (κ3) is 2.63. The molecule has 0 radical (unpaired) electrons. The largest absolute Gasteiger partial charge is 0.365 e. The van der Waals surface area contributed by atoms with Crippen LogP contribution in [0, 0.1) is 10.1 Å². The van der Waals surface area contributed by atoms with Gasteiger partial charge >= 0.3 is 0 Å². The minimum atomic E-state index is -0.507. The topological polar surface area (TPSA) is 80.1 Å². The SMILES string of the molecule is CNC(=S)Nc1ccc([N+](=O)[O-])cn1. The third-order valence-corrected chi connectivity index (χ3v) is 1.73. The van der Waals surface area contributed by atoms with E-state index < -0.39 is 4.92 Å². The number of nitrogens with zero attached hydrogens (tertiary/aromatic N) is 2. The first-order valence-corrected chi connectivity index (χ1v) is 4.13. The Balaban J connectivity index is 2.73. The Labute approximate surface area is 85.5 Å². The molecule has 0 saturated carbocycles. The predicted octanol–water partition coefficient (Wildman–Crippen LogP) is 0.906. The normalized spacial score (nSPS) is 9.21. The number of rotatable bonds is 2. The summed E-state index contributed by atoms with van der Waals surface area (Å²) in [5, 5.41) is 16.1. The van der Waals surface area contributed by atoms with Crippen LogP contribution >= 0.6 is 12.2 Å². The number of hydrogen-bond acceptors (Lipinski definition) is 4. The maximum atomic E-state index is 10.3. The molecular weight excluding hydrogens is 204 g/mol. The number of pyridine rings is 1. The maximum absolute atomic E-state index is 10.3. The van der Waals surface area contributed by atoms with Crippen LogP contribution in [-0.2, 0) is 0 Å². The summed E-state index contributed by atoms with van der Waals surface area (Å²) in [7, 11) is 1.67. The van der Waals surface area contributed by atoms with Crippen LogP contribution in [0.3, 0.4) is 0 Å². The van der Waals surface area contributed by atoms with E-state index in [-0.39, 0.29) is 5.69 Å². The minimum Gasteiger partial charge on any atom is -0.365 e. The lowest BCUT2D eigenvalue weighted by Gasteiger charge is -2.04. The van der Waals surface area contributed by atoms with Gasteiger partial charge in [0.15, 0.2) is 5.11 Å². The highest BCUT2D eigenvalue weighted by molar-refractivity contribution is 7.80. The molecule has 0 spiro atoms. The molecule has 14 heavy (non-hydrogen) atoms. The second kappa shape index (κ2) is 4.47. The van der Waals surface area contributed by atoms with Crippen molar-refractivity contribution < 1.29 is 4.92 Å². The Morgan fingerprint density at radius 1 is 1.64 bits per heavy atom. The van der Waals surface area contributed by atoms with Crippen molar-refractivity contribution in [2.75, 3.05) is 12.4 Å². The molecule has 0 amide bonds. The van der Waals surface area contributed by atoms with E-state index in [1.807, 2.05) is 0 Å². The fraction of sp³-hybridized carbons (Fsp3) is 0.143. The Bertz CT molecular complexity index is 351. The van der Waals surface area contributed by atoms with Gasteiger partial charge in [-0.05, 0) is 18.3 Å². The highest BCUT2D eigenvalue weighted by Crippen LogP contribution is 2.11. The maximum Gasteiger partial charge on any atom is 0.287 e. The summed E-state index contributed by atoms with van der Waals surface area (Å²) in [5.74, 6) is 0.468. The Morgan fingerprint density at radius 2 is 2.36 bits per heavy atom. The Morgan fingerprint density at radius 3 is 2.79 bits per heavy atom. The van der Waals surface area contributed by atoms with Gasteiger partial charge in [-0.25, -0.2) is 4.98 Å². The standard InChI is InChI=1S/C7H8N4O2S/c1-8-7(14)10-6-3-2-5(4-9-6)11(12)13/h2-4H,1H3,(H2,8,9,10,14). The molecule has 2 N–H and O–H groups in total. The Kier molecular flexibility index (Phi) is 3.29. The lowest BCUT2D eigenvalue weighted by molar-refractivity contribution is -0.385. The summed E-state index contributed by atoms with van der Waals surface area (Å²) in [4.78, 5) is 13.6. The van der Waals surface area contributed by atoms with E-state index in [4.69, 9.17) is 12.2 Å². The lowest BCUT2D eigenvalue weighted by atomic mass is 10.4. The number of hydrogen-bond donors (Lipinski definition) is 2. The molecule has 0 aliphatic heterocycles. The van der Waals surface area contributed by atoms with Crippen LogP contribution in [0.1, 0.15) is 0 Å². The van der Waals surface area contributed by atoms with Crippen molar-refractivity contribution in [1.29, 1.82) is 0 Å². The summed E-state index contributed by atoms with van der Waals surface area (Å²) >= 11 is 4.83. The number of anilines is 1. The minimum absolute atomic E-state index is 0.0501. The van der Waals surface area contributed by atoms with Crippen LogP contribution < -0.4 is 10.6 Å². The van der Waals surface area contributed by atoms with Gasteiger partial charge in [0.2, 0.25) is 0 Å². The van der Waals surface area contributed by atoms with E-state index in [0.717, 1.165) is 0 Å². The Hall–Kier alpha value is -1.76. The van der Waals surface area contributed by atoms with Gasteiger partial charge in [0.05, 0.1) is 4.92 Å². The van der Waals surface area contributed by atoms with Crippen LogP contribution in [0.4, 0.5) is 11.5 Å². The van der Waals surface area contributed by atoms with Crippen molar-refractivity contribution >= 4 is 28.8 Å². The molecule has 74 valence electrons. The van der Waals surface area contributed by atoms with Crippen molar-refractivity contribution in [3.63, 3.8) is 0 Å². The molecule has 1 aromatic heterocycles. The van der Waals surface area contributed by atoms with Crippen molar-refractivity contribution in [3.05, 3.63) is 28.4 Å². The van der Waals surface area contributed by atoms with Gasteiger partial charge in [-0.2, -0.15) is 0 Å². The summed E-state index contributed by atoms with van der Waals surface area (Å²) in [6.07, 6.45) is 1.17. The molecule has 1 aromatic rings. The highest BCUT2D eigenvalue weighted by Gasteiger charge is 2.05. The number of thiocarbonyl (C=S) groups is 1. The molecule has 0 aliphatic rings. The molecule has 0 aliphatic carbocycles. The van der Waals surface area contributed by atoms with E-state index in [1.165, 1.54) is 18.3 Å². The zero-order valence-corrected chi connectivity index (χ0v) is 8.17. The van der Waals surface area contributed by atoms with E-state index in [9.17, 15) is 10.1 Å². The zero-order chi connectivity index (χ0) is 10.6. The molecular formula is C7H8N4O2S. The molecule has 0 unspecified atom stereocenters. The van der Waals surface area contributed by atoms with Gasteiger partial charge in [-0.3, -0.25) is 10.1 Å². The highest BCUT2D eigenvalue weighted by atomic mass is 32.1. The fourth-order valence-electron chi connectivity index (χ4n) is 0.747. The van der Waals surface area contributed by atoms with Crippen LogP contribution in [0.5, 0.6) is 0 Å². The van der Waals surface area contributed by atoms with E-state index in [2.05, 4.69) is 15.6 Å². The molecule has 6 nitrogen and oxygen atoms in total. The van der Waals surface area contributed by atoms with Gasteiger partial charge in [-0.1, -0.05) is 0 Å². The molecule has 1 heterocycles. The van der Waals surface area contributed by atoms with Gasteiger partial charge in [0.25, 0.3) is 5.69 Å². The van der Waals surface area contributed by atoms with E-state index >= 15 is 0 Å². The summed E-state index contributed by atoms with van der Waals surface area (Å²) in [6, 6.07) is 2.84. The fourth-order valence-corrected chi connectivity index (χ4v) is 0.851. The average molecular weight is 212 g/mol. The van der Waals surface area contributed by atoms with E-state index in [0.29, 0.717) is 10.9 Å². The first-order valence-electron chi connectivity index (χ1n) is 3.72. The number of nitro groups is 1. The van der Waals surface area contributed by atoms with Gasteiger partial charge in [-0.15, -0.1) is 0 Å². The first-order chi connectivity index (χ1) is 6.63. The molecule has 0 bridgehead atoms. The van der Waals surface area contributed by atoms with Crippen LogP contribution in [0.15, 0.2) is 18.3 Å². The van der Waals surface area contributed by atoms with E-state index in [1.54, 1.807) is 7.05 Å². The first kappa shape index (κ1) is 10.3. The van der Waals surface area contributed by atoms with Crippen molar-refractivity contribution in [3.8, 4) is 0 Å². The second-order valence-electron chi connectivity index (χ2n) is 2.36. The van der Waals surface area contributed by atoms with Crippen LogP contribution in [-0.4, -0.2) is 22.1 Å². The van der Waals surface area contributed by atoms with Gasteiger partial charge in [0, 0.05) is 13.1 Å². The zero-order valence-electron chi connectivity index (χ0n) is 7.35. The number of aromatic nitrogens is 1.